The molecule has 1 aromatic rings. The highest BCUT2D eigenvalue weighted by molar-refractivity contribution is 5.96. The molecule has 1 amide bonds. The molecule has 1 aliphatic heterocycles. The first kappa shape index (κ1) is 18.9. The van der Waals surface area contributed by atoms with Gasteiger partial charge < -0.3 is 21.1 Å². The van der Waals surface area contributed by atoms with Crippen LogP contribution in [-0.4, -0.2) is 47.4 Å². The van der Waals surface area contributed by atoms with Gasteiger partial charge in [0.1, 0.15) is 5.84 Å². The molecule has 136 valence electrons. The summed E-state index contributed by atoms with van der Waals surface area (Å²) in [5.74, 6) is -0.237. The normalized spacial score (nSPS) is 15.7. The van der Waals surface area contributed by atoms with Gasteiger partial charge in [-0.05, 0) is 62.5 Å². The highest BCUT2D eigenvalue weighted by Crippen LogP contribution is 2.22. The second-order valence-corrected chi connectivity index (χ2v) is 6.51. The van der Waals surface area contributed by atoms with Crippen LogP contribution >= 0.6 is 0 Å². The summed E-state index contributed by atoms with van der Waals surface area (Å²) >= 11 is 0. The fraction of sp³-hybridized carbons (Fsp3) is 0.500. The average molecular weight is 346 g/mol. The summed E-state index contributed by atoms with van der Waals surface area (Å²) in [5, 5.41) is 18.9. The highest BCUT2D eigenvalue weighted by Gasteiger charge is 2.20. The van der Waals surface area contributed by atoms with Crippen LogP contribution in [0, 0.1) is 11.3 Å². The molecule has 25 heavy (non-hydrogen) atoms. The predicted octanol–water partition coefficient (Wildman–Crippen LogP) is 1.88. The molecule has 0 radical (unpaired) electrons. The summed E-state index contributed by atoms with van der Waals surface area (Å²) in [5.41, 5.74) is 6.74. The van der Waals surface area contributed by atoms with Crippen LogP contribution in [0.4, 0.5) is 5.69 Å². The fourth-order valence-corrected chi connectivity index (χ4v) is 3.04. The van der Waals surface area contributed by atoms with Crippen LogP contribution in [-0.2, 0) is 9.59 Å². The number of nitrogen functional groups attached to an aromatic ring is 1. The maximum atomic E-state index is 12.1. The third kappa shape index (κ3) is 6.54. The van der Waals surface area contributed by atoms with E-state index in [-0.39, 0.29) is 18.2 Å². The lowest BCUT2D eigenvalue weighted by Gasteiger charge is -2.31. The van der Waals surface area contributed by atoms with Crippen molar-refractivity contribution in [2.75, 3.05) is 25.0 Å². The van der Waals surface area contributed by atoms with Gasteiger partial charge in [-0.15, -0.1) is 0 Å². The number of likely N-dealkylation sites (tertiary alicyclic amines) is 1. The number of carbonyl (C=O) groups excluding carboxylic acids is 1. The molecule has 0 spiro atoms. The largest absolute Gasteiger partial charge is 0.481 e. The molecule has 1 aliphatic rings. The number of rotatable bonds is 8. The van der Waals surface area contributed by atoms with Gasteiger partial charge in [0, 0.05) is 24.2 Å². The van der Waals surface area contributed by atoms with Crippen LogP contribution < -0.4 is 11.1 Å². The number of nitrogens with zero attached hydrogens (tertiary/aromatic N) is 1. The zero-order valence-electron chi connectivity index (χ0n) is 14.3. The van der Waals surface area contributed by atoms with Crippen LogP contribution in [0.5, 0.6) is 0 Å². The molecule has 5 N–H and O–H groups in total. The van der Waals surface area contributed by atoms with E-state index in [9.17, 15) is 9.59 Å². The van der Waals surface area contributed by atoms with Gasteiger partial charge in [0.15, 0.2) is 0 Å². The van der Waals surface area contributed by atoms with Crippen molar-refractivity contribution in [3.8, 4) is 0 Å². The number of nitrogens with two attached hydrogens (primary N) is 1. The number of hydrogen-bond acceptors (Lipinski definition) is 4. The van der Waals surface area contributed by atoms with Crippen molar-refractivity contribution >= 4 is 23.4 Å². The van der Waals surface area contributed by atoms with E-state index in [0.717, 1.165) is 32.4 Å². The van der Waals surface area contributed by atoms with Gasteiger partial charge >= 0.3 is 5.97 Å². The average Bonchev–Trinajstić information content (AvgIpc) is 2.59. The van der Waals surface area contributed by atoms with Gasteiger partial charge in [0.25, 0.3) is 0 Å². The molecule has 0 atom stereocenters. The number of amidine groups is 1. The predicted molar refractivity (Wildman–Crippen MR) is 96.7 cm³/mol. The summed E-state index contributed by atoms with van der Waals surface area (Å²) in [4.78, 5) is 24.8. The fourth-order valence-electron chi connectivity index (χ4n) is 3.04. The van der Waals surface area contributed by atoms with Crippen LogP contribution in [0.3, 0.4) is 0 Å². The molecule has 0 unspecified atom stereocenters. The molecule has 1 aromatic carbocycles. The number of benzene rings is 1. The summed E-state index contributed by atoms with van der Waals surface area (Å²) in [6, 6.07) is 6.92. The van der Waals surface area contributed by atoms with Gasteiger partial charge in [-0.2, -0.15) is 0 Å². The van der Waals surface area contributed by atoms with Crippen LogP contribution in [0.2, 0.25) is 0 Å². The zero-order chi connectivity index (χ0) is 18.2. The summed E-state index contributed by atoms with van der Waals surface area (Å²) in [7, 11) is 0. The Morgan fingerprint density at radius 2 is 1.84 bits per heavy atom. The second-order valence-electron chi connectivity index (χ2n) is 6.51. The van der Waals surface area contributed by atoms with Crippen molar-refractivity contribution in [3.63, 3.8) is 0 Å². The van der Waals surface area contributed by atoms with Gasteiger partial charge in [-0.25, -0.2) is 0 Å². The number of carboxylic acids is 1. The van der Waals surface area contributed by atoms with Gasteiger partial charge in [0.2, 0.25) is 5.91 Å². The summed E-state index contributed by atoms with van der Waals surface area (Å²) in [6.45, 7) is 2.43. The standard InChI is InChI=1S/C18H26N4O3/c19-18(20)14-2-4-15(5-3-14)21-16(23)6-1-13-7-10-22(11-8-13)12-9-17(24)25/h2-5,13H,1,6-12H2,(H3,19,20)(H,21,23)(H,24,25). The van der Waals surface area contributed by atoms with Crippen LogP contribution in [0.25, 0.3) is 0 Å². The van der Waals surface area contributed by atoms with Crippen molar-refractivity contribution in [3.05, 3.63) is 29.8 Å². The number of piperidine rings is 1. The Kier molecular flexibility index (Phi) is 6.94. The third-order valence-corrected chi connectivity index (χ3v) is 4.61. The van der Waals surface area contributed by atoms with Crippen LogP contribution in [0.1, 0.15) is 37.7 Å². The maximum absolute atomic E-state index is 12.1. The minimum Gasteiger partial charge on any atom is -0.481 e. The number of anilines is 1. The van der Waals surface area contributed by atoms with Crippen molar-refractivity contribution in [1.82, 2.24) is 4.90 Å². The number of amides is 1. The number of carboxylic acid groups (broad SMARTS) is 1. The minimum absolute atomic E-state index is 0.00701. The SMILES string of the molecule is N=C(N)c1ccc(NC(=O)CCC2CCN(CCC(=O)O)CC2)cc1. The quantitative estimate of drug-likeness (QED) is 0.423. The first-order chi connectivity index (χ1) is 11.9. The van der Waals surface area contributed by atoms with Crippen LogP contribution in [0.15, 0.2) is 24.3 Å². The van der Waals surface area contributed by atoms with E-state index in [1.165, 1.54) is 0 Å². The number of hydrogen-bond donors (Lipinski definition) is 4. The molecule has 1 fully saturated rings. The van der Waals surface area contributed by atoms with Gasteiger partial charge in [-0.3, -0.25) is 15.0 Å². The zero-order valence-corrected chi connectivity index (χ0v) is 14.3. The Bertz CT molecular complexity index is 607. The molecule has 0 saturated carbocycles. The third-order valence-electron chi connectivity index (χ3n) is 4.61. The summed E-state index contributed by atoms with van der Waals surface area (Å²) < 4.78 is 0. The number of aliphatic carboxylic acids is 1. The first-order valence-electron chi connectivity index (χ1n) is 8.62. The lowest BCUT2D eigenvalue weighted by molar-refractivity contribution is -0.137. The topological polar surface area (TPSA) is 120 Å². The van der Waals surface area contributed by atoms with Gasteiger partial charge in [0.05, 0.1) is 6.42 Å². The minimum atomic E-state index is -0.755. The molecule has 1 saturated heterocycles. The molecule has 0 bridgehead atoms. The summed E-state index contributed by atoms with van der Waals surface area (Å²) in [6.07, 6.45) is 3.55. The monoisotopic (exact) mass is 346 g/mol. The van der Waals surface area contributed by atoms with E-state index >= 15 is 0 Å². The van der Waals surface area contributed by atoms with E-state index in [1.54, 1.807) is 24.3 Å². The maximum Gasteiger partial charge on any atom is 0.304 e. The van der Waals surface area contributed by atoms with Crippen molar-refractivity contribution in [2.24, 2.45) is 11.7 Å². The molecule has 7 heteroatoms. The van der Waals surface area contributed by atoms with E-state index in [2.05, 4.69) is 10.2 Å². The Balaban J connectivity index is 1.67. The van der Waals surface area contributed by atoms with Crippen molar-refractivity contribution < 1.29 is 14.7 Å². The Hall–Kier alpha value is -2.41. The first-order valence-corrected chi connectivity index (χ1v) is 8.62. The second kappa shape index (κ2) is 9.17. The number of nitrogens with one attached hydrogen (secondary N) is 2. The van der Waals surface area contributed by atoms with Gasteiger partial charge in [-0.1, -0.05) is 0 Å². The molecular formula is C18H26N4O3. The molecule has 7 nitrogen and oxygen atoms in total. The Morgan fingerprint density at radius 3 is 2.40 bits per heavy atom. The molecule has 1 heterocycles. The molecule has 0 aliphatic carbocycles. The van der Waals surface area contributed by atoms with Crippen molar-refractivity contribution in [2.45, 2.75) is 32.1 Å². The highest BCUT2D eigenvalue weighted by atomic mass is 16.4. The van der Waals surface area contributed by atoms with E-state index in [1.807, 2.05) is 0 Å². The Morgan fingerprint density at radius 1 is 1.20 bits per heavy atom. The lowest BCUT2D eigenvalue weighted by Crippen LogP contribution is -2.35. The van der Waals surface area contributed by atoms with E-state index < -0.39 is 5.97 Å². The molecule has 2 rings (SSSR count). The smallest absolute Gasteiger partial charge is 0.304 e. The van der Waals surface area contributed by atoms with E-state index in [4.69, 9.17) is 16.2 Å². The van der Waals surface area contributed by atoms with Crippen molar-refractivity contribution in [1.29, 1.82) is 5.41 Å². The Labute approximate surface area is 147 Å². The van der Waals surface area contributed by atoms with E-state index in [0.29, 0.717) is 30.1 Å². The number of carbonyl (C=O) groups is 2. The molecular weight excluding hydrogens is 320 g/mol. The lowest BCUT2D eigenvalue weighted by atomic mass is 9.92. The molecule has 0 aromatic heterocycles.